The van der Waals surface area contributed by atoms with Gasteiger partial charge in [-0.15, -0.1) is 0 Å². The molecular formula is C16H32N2O2. The van der Waals surface area contributed by atoms with Crippen molar-refractivity contribution in [1.82, 2.24) is 4.90 Å². The molecule has 0 radical (unpaired) electrons. The summed E-state index contributed by atoms with van der Waals surface area (Å²) in [6.07, 6.45) is 8.33. The fourth-order valence-corrected chi connectivity index (χ4v) is 3.15. The number of nitrogens with two attached hydrogens (primary N) is 1. The van der Waals surface area contributed by atoms with Gasteiger partial charge in [0.1, 0.15) is 5.54 Å². The summed E-state index contributed by atoms with van der Waals surface area (Å²) in [5.41, 5.74) is 5.14. The number of carbonyl (C=O) groups is 1. The SMILES string of the molecule is CCCC1CCCN(CCCC(C)(N)C(=O)OC)CC1. The van der Waals surface area contributed by atoms with Crippen LogP contribution in [0.15, 0.2) is 0 Å². The maximum atomic E-state index is 11.5. The molecule has 0 aliphatic carbocycles. The van der Waals surface area contributed by atoms with Crippen LogP contribution in [-0.2, 0) is 9.53 Å². The molecule has 0 aromatic heterocycles. The molecule has 2 N–H and O–H groups in total. The Morgan fingerprint density at radius 1 is 1.40 bits per heavy atom. The zero-order valence-corrected chi connectivity index (χ0v) is 13.5. The van der Waals surface area contributed by atoms with Crippen molar-refractivity contribution < 1.29 is 9.53 Å². The number of methoxy groups -OCH3 is 1. The molecule has 4 heteroatoms. The summed E-state index contributed by atoms with van der Waals surface area (Å²) in [5, 5.41) is 0. The maximum Gasteiger partial charge on any atom is 0.325 e. The minimum atomic E-state index is -0.842. The van der Waals surface area contributed by atoms with Gasteiger partial charge in [-0.3, -0.25) is 4.79 Å². The first-order valence-electron chi connectivity index (χ1n) is 8.09. The van der Waals surface area contributed by atoms with Crippen LogP contribution in [0.25, 0.3) is 0 Å². The van der Waals surface area contributed by atoms with Crippen LogP contribution < -0.4 is 5.73 Å². The monoisotopic (exact) mass is 284 g/mol. The molecule has 1 rings (SSSR count). The second kappa shape index (κ2) is 8.63. The van der Waals surface area contributed by atoms with E-state index in [1.54, 1.807) is 6.92 Å². The minimum absolute atomic E-state index is 0.309. The van der Waals surface area contributed by atoms with Crippen LogP contribution in [0.4, 0.5) is 0 Å². The topological polar surface area (TPSA) is 55.6 Å². The van der Waals surface area contributed by atoms with Crippen LogP contribution in [0.5, 0.6) is 0 Å². The van der Waals surface area contributed by atoms with Crippen molar-refractivity contribution in [3.8, 4) is 0 Å². The molecule has 20 heavy (non-hydrogen) atoms. The standard InChI is InChI=1S/C16H32N2O2/c1-4-7-14-8-5-11-18(13-9-14)12-6-10-16(2,17)15(19)20-3/h14H,4-13,17H2,1-3H3. The van der Waals surface area contributed by atoms with Crippen molar-refractivity contribution in [2.45, 2.75) is 64.3 Å². The van der Waals surface area contributed by atoms with Crippen molar-refractivity contribution in [3.05, 3.63) is 0 Å². The van der Waals surface area contributed by atoms with E-state index in [9.17, 15) is 4.79 Å². The van der Waals surface area contributed by atoms with Crippen LogP contribution in [0, 0.1) is 5.92 Å². The lowest BCUT2D eigenvalue weighted by molar-refractivity contribution is -0.146. The molecule has 0 amide bonds. The van der Waals surface area contributed by atoms with Gasteiger partial charge in [0.25, 0.3) is 0 Å². The summed E-state index contributed by atoms with van der Waals surface area (Å²) in [6.45, 7) is 7.47. The zero-order valence-electron chi connectivity index (χ0n) is 13.5. The van der Waals surface area contributed by atoms with Gasteiger partial charge in [-0.05, 0) is 64.6 Å². The van der Waals surface area contributed by atoms with Gasteiger partial charge in [-0.25, -0.2) is 0 Å². The van der Waals surface area contributed by atoms with Crippen molar-refractivity contribution in [3.63, 3.8) is 0 Å². The van der Waals surface area contributed by atoms with Gasteiger partial charge in [-0.1, -0.05) is 19.8 Å². The predicted molar refractivity (Wildman–Crippen MR) is 82.5 cm³/mol. The molecule has 1 fully saturated rings. The van der Waals surface area contributed by atoms with Gasteiger partial charge in [0.05, 0.1) is 7.11 Å². The molecule has 1 heterocycles. The van der Waals surface area contributed by atoms with Crippen molar-refractivity contribution in [2.75, 3.05) is 26.7 Å². The lowest BCUT2D eigenvalue weighted by Crippen LogP contribution is -2.46. The van der Waals surface area contributed by atoms with E-state index in [-0.39, 0.29) is 5.97 Å². The molecule has 2 atom stereocenters. The molecule has 1 aliphatic rings. The molecule has 0 spiro atoms. The van der Waals surface area contributed by atoms with E-state index in [1.165, 1.54) is 52.3 Å². The zero-order chi connectivity index (χ0) is 15.0. The molecule has 0 bridgehead atoms. The Balaban J connectivity index is 2.27. The van der Waals surface area contributed by atoms with Crippen molar-refractivity contribution in [1.29, 1.82) is 0 Å². The summed E-state index contributed by atoms with van der Waals surface area (Å²) in [5.74, 6) is 0.608. The predicted octanol–water partition coefficient (Wildman–Crippen LogP) is 2.56. The van der Waals surface area contributed by atoms with E-state index in [1.807, 2.05) is 0 Å². The Morgan fingerprint density at radius 2 is 2.15 bits per heavy atom. The lowest BCUT2D eigenvalue weighted by atomic mass is 9.96. The Bertz CT molecular complexity index is 292. The first-order valence-corrected chi connectivity index (χ1v) is 8.09. The Hall–Kier alpha value is -0.610. The third kappa shape index (κ3) is 5.80. The maximum absolute atomic E-state index is 11.5. The number of carbonyl (C=O) groups excluding carboxylic acids is 1. The summed E-state index contributed by atoms with van der Waals surface area (Å²) in [4.78, 5) is 14.1. The Morgan fingerprint density at radius 3 is 2.80 bits per heavy atom. The highest BCUT2D eigenvalue weighted by Crippen LogP contribution is 2.22. The van der Waals surface area contributed by atoms with Gasteiger partial charge in [-0.2, -0.15) is 0 Å². The molecule has 1 saturated heterocycles. The summed E-state index contributed by atoms with van der Waals surface area (Å²) in [7, 11) is 1.40. The number of hydrogen-bond acceptors (Lipinski definition) is 4. The number of likely N-dealkylation sites (tertiary alicyclic amines) is 1. The molecule has 1 aliphatic heterocycles. The molecule has 2 unspecified atom stereocenters. The van der Waals surface area contributed by atoms with Crippen molar-refractivity contribution >= 4 is 5.97 Å². The fraction of sp³-hybridized carbons (Fsp3) is 0.938. The number of ether oxygens (including phenoxy) is 1. The van der Waals surface area contributed by atoms with Gasteiger partial charge in [0.15, 0.2) is 0 Å². The Kier molecular flexibility index (Phi) is 7.52. The number of nitrogens with zero attached hydrogens (tertiary/aromatic N) is 1. The third-order valence-electron chi connectivity index (χ3n) is 4.46. The van der Waals surface area contributed by atoms with E-state index in [0.29, 0.717) is 6.42 Å². The Labute approximate surface area is 124 Å². The summed E-state index contributed by atoms with van der Waals surface area (Å²) >= 11 is 0. The number of rotatable bonds is 7. The second-order valence-corrected chi connectivity index (χ2v) is 6.44. The van der Waals surface area contributed by atoms with E-state index in [4.69, 9.17) is 10.5 Å². The van der Waals surface area contributed by atoms with Gasteiger partial charge in [0, 0.05) is 0 Å². The molecule has 0 saturated carbocycles. The largest absolute Gasteiger partial charge is 0.468 e. The average molecular weight is 284 g/mol. The molecule has 0 aromatic rings. The van der Waals surface area contributed by atoms with Crippen LogP contribution in [0.3, 0.4) is 0 Å². The lowest BCUT2D eigenvalue weighted by Gasteiger charge is -2.24. The minimum Gasteiger partial charge on any atom is -0.468 e. The summed E-state index contributed by atoms with van der Waals surface area (Å²) < 4.78 is 4.74. The van der Waals surface area contributed by atoms with E-state index in [2.05, 4.69) is 11.8 Å². The number of hydrogen-bond donors (Lipinski definition) is 1. The quantitative estimate of drug-likeness (QED) is 0.730. The van der Waals surface area contributed by atoms with Crippen LogP contribution in [0.2, 0.25) is 0 Å². The highest BCUT2D eigenvalue weighted by Gasteiger charge is 2.29. The first-order chi connectivity index (χ1) is 9.49. The van der Waals surface area contributed by atoms with Crippen LogP contribution in [-0.4, -0.2) is 43.2 Å². The van der Waals surface area contributed by atoms with Gasteiger partial charge < -0.3 is 15.4 Å². The fourth-order valence-electron chi connectivity index (χ4n) is 3.15. The first kappa shape index (κ1) is 17.4. The average Bonchev–Trinajstić information content (AvgIpc) is 2.64. The van der Waals surface area contributed by atoms with E-state index < -0.39 is 5.54 Å². The highest BCUT2D eigenvalue weighted by atomic mass is 16.5. The van der Waals surface area contributed by atoms with Crippen LogP contribution in [0.1, 0.15) is 58.8 Å². The number of esters is 1. The molecule has 0 aromatic carbocycles. The highest BCUT2D eigenvalue weighted by molar-refractivity contribution is 5.79. The molecule has 4 nitrogen and oxygen atoms in total. The second-order valence-electron chi connectivity index (χ2n) is 6.44. The normalized spacial score (nSPS) is 23.9. The molecule has 118 valence electrons. The van der Waals surface area contributed by atoms with Gasteiger partial charge in [0.2, 0.25) is 0 Å². The van der Waals surface area contributed by atoms with Crippen LogP contribution >= 0.6 is 0 Å². The summed E-state index contributed by atoms with van der Waals surface area (Å²) in [6, 6.07) is 0. The van der Waals surface area contributed by atoms with E-state index >= 15 is 0 Å². The van der Waals surface area contributed by atoms with E-state index in [0.717, 1.165) is 18.9 Å². The van der Waals surface area contributed by atoms with Gasteiger partial charge >= 0.3 is 5.97 Å². The third-order valence-corrected chi connectivity index (χ3v) is 4.46. The smallest absolute Gasteiger partial charge is 0.325 e. The van der Waals surface area contributed by atoms with Crippen molar-refractivity contribution in [2.24, 2.45) is 11.7 Å². The molecular weight excluding hydrogens is 252 g/mol.